The maximum Gasteiger partial charge on any atom is 0.119 e. The van der Waals surface area contributed by atoms with Gasteiger partial charge >= 0.3 is 0 Å². The van der Waals surface area contributed by atoms with Crippen LogP contribution < -0.4 is 0 Å². The number of phenols is 1. The van der Waals surface area contributed by atoms with Crippen LogP contribution in [0.3, 0.4) is 0 Å². The topological polar surface area (TPSA) is 20.2 Å². The van der Waals surface area contributed by atoms with Gasteiger partial charge < -0.3 is 5.11 Å². The maximum atomic E-state index is 9.69. The highest BCUT2D eigenvalue weighted by atomic mass is 16.3. The van der Waals surface area contributed by atoms with E-state index in [0.29, 0.717) is 12.2 Å². The first kappa shape index (κ1) is 10.6. The second-order valence-corrected chi connectivity index (χ2v) is 3.34. The summed E-state index contributed by atoms with van der Waals surface area (Å²) in [5.74, 6) is 0.354. The molecule has 74 valence electrons. The molecular weight excluding hydrogens is 172 g/mol. The Morgan fingerprint density at radius 3 is 2.29 bits per heavy atom. The number of phenolic OH excluding ortho intramolecular Hbond substituents is 1. The molecule has 1 N–H and O–H groups in total. The predicted molar refractivity (Wildman–Crippen MR) is 60.6 cm³/mol. The Morgan fingerprint density at radius 2 is 1.71 bits per heavy atom. The number of aromatic hydroxyl groups is 1. The molecule has 0 aromatic heterocycles. The molecule has 0 aliphatic heterocycles. The summed E-state index contributed by atoms with van der Waals surface area (Å²) in [6.07, 6.45) is 5.16. The molecule has 1 heteroatoms. The molecule has 1 aromatic carbocycles. The fourth-order valence-electron chi connectivity index (χ4n) is 1.60. The molecule has 1 aromatic rings. The molecule has 0 spiro atoms. The predicted octanol–water partition coefficient (Wildman–Crippen LogP) is 3.16. The number of benzene rings is 1. The zero-order valence-corrected chi connectivity index (χ0v) is 8.59. The van der Waals surface area contributed by atoms with Crippen molar-refractivity contribution < 1.29 is 5.11 Å². The largest absolute Gasteiger partial charge is 0.508 e. The van der Waals surface area contributed by atoms with Gasteiger partial charge in [-0.25, -0.2) is 0 Å². The molecule has 0 aliphatic carbocycles. The fourth-order valence-corrected chi connectivity index (χ4v) is 1.60. The van der Waals surface area contributed by atoms with Gasteiger partial charge in [0.15, 0.2) is 0 Å². The van der Waals surface area contributed by atoms with Crippen molar-refractivity contribution in [3.8, 4) is 5.75 Å². The number of hydrogen-bond acceptors (Lipinski definition) is 1. The number of allylic oxidation sites excluding steroid dienone is 2. The van der Waals surface area contributed by atoms with Gasteiger partial charge in [0.25, 0.3) is 0 Å². The van der Waals surface area contributed by atoms with Gasteiger partial charge in [0.1, 0.15) is 5.75 Å². The summed E-state index contributed by atoms with van der Waals surface area (Å²) >= 11 is 0. The molecule has 1 rings (SSSR count). The minimum Gasteiger partial charge on any atom is -0.508 e. The van der Waals surface area contributed by atoms with Crippen LogP contribution in [0.25, 0.3) is 0 Å². The molecule has 0 radical (unpaired) electrons. The van der Waals surface area contributed by atoms with Crippen molar-refractivity contribution >= 4 is 0 Å². The van der Waals surface area contributed by atoms with E-state index >= 15 is 0 Å². The third-order valence-corrected chi connectivity index (χ3v) is 2.34. The van der Waals surface area contributed by atoms with Gasteiger partial charge in [-0.3, -0.25) is 0 Å². The SMILES string of the molecule is C=CCc1c(C)ccc(O)c1CC=C. The fraction of sp³-hybridized carbons (Fsp3) is 0.231. The maximum absolute atomic E-state index is 9.69. The van der Waals surface area contributed by atoms with Crippen molar-refractivity contribution in [3.05, 3.63) is 54.1 Å². The molecule has 0 amide bonds. The standard InChI is InChI=1S/C13H16O/c1-4-6-11-10(3)8-9-13(14)12(11)7-5-2/h4-5,8-9,14H,1-2,6-7H2,3H3. The summed E-state index contributed by atoms with van der Waals surface area (Å²) in [6, 6.07) is 3.67. The Labute approximate surface area is 85.4 Å². The summed E-state index contributed by atoms with van der Waals surface area (Å²) in [7, 11) is 0. The van der Waals surface area contributed by atoms with Crippen LogP contribution >= 0.6 is 0 Å². The van der Waals surface area contributed by atoms with Crippen molar-refractivity contribution in [2.24, 2.45) is 0 Å². The van der Waals surface area contributed by atoms with E-state index in [1.54, 1.807) is 12.1 Å². The molecule has 0 heterocycles. The molecule has 1 nitrogen and oxygen atoms in total. The van der Waals surface area contributed by atoms with E-state index in [1.165, 1.54) is 11.1 Å². The third-order valence-electron chi connectivity index (χ3n) is 2.34. The lowest BCUT2D eigenvalue weighted by molar-refractivity contribution is 0.468. The molecule has 0 bridgehead atoms. The molecule has 0 saturated heterocycles. The van der Waals surface area contributed by atoms with Gasteiger partial charge in [-0.05, 0) is 37.0 Å². The Balaban J connectivity index is 3.24. The monoisotopic (exact) mass is 188 g/mol. The van der Waals surface area contributed by atoms with Crippen LogP contribution in [0.5, 0.6) is 5.75 Å². The Hall–Kier alpha value is -1.50. The summed E-state index contributed by atoms with van der Waals surface area (Å²) in [5.41, 5.74) is 3.33. The first-order chi connectivity index (χ1) is 6.70. The van der Waals surface area contributed by atoms with Gasteiger partial charge in [-0.1, -0.05) is 18.2 Å². The van der Waals surface area contributed by atoms with Crippen molar-refractivity contribution in [1.82, 2.24) is 0 Å². The molecule has 0 aliphatic rings. The quantitative estimate of drug-likeness (QED) is 0.719. The number of rotatable bonds is 4. The summed E-state index contributed by atoms with van der Waals surface area (Å²) in [4.78, 5) is 0. The average molecular weight is 188 g/mol. The first-order valence-corrected chi connectivity index (χ1v) is 4.72. The van der Waals surface area contributed by atoms with E-state index in [1.807, 2.05) is 19.1 Å². The van der Waals surface area contributed by atoms with E-state index in [0.717, 1.165) is 12.0 Å². The number of aryl methyl sites for hydroxylation is 1. The van der Waals surface area contributed by atoms with Crippen LogP contribution in [0.15, 0.2) is 37.4 Å². The van der Waals surface area contributed by atoms with Crippen LogP contribution in [0, 0.1) is 6.92 Å². The minimum absolute atomic E-state index is 0.354. The zero-order valence-electron chi connectivity index (χ0n) is 8.59. The van der Waals surface area contributed by atoms with Crippen LogP contribution in [0.2, 0.25) is 0 Å². The Morgan fingerprint density at radius 1 is 1.14 bits per heavy atom. The van der Waals surface area contributed by atoms with E-state index in [-0.39, 0.29) is 0 Å². The van der Waals surface area contributed by atoms with E-state index in [4.69, 9.17) is 0 Å². The molecule has 0 unspecified atom stereocenters. The first-order valence-electron chi connectivity index (χ1n) is 4.72. The van der Waals surface area contributed by atoms with Gasteiger partial charge in [0.05, 0.1) is 0 Å². The van der Waals surface area contributed by atoms with E-state index in [9.17, 15) is 5.11 Å². The summed E-state index contributed by atoms with van der Waals surface area (Å²) in [6.45, 7) is 9.46. The lowest BCUT2D eigenvalue weighted by Crippen LogP contribution is -1.96. The number of hydrogen-bond donors (Lipinski definition) is 1. The zero-order chi connectivity index (χ0) is 10.6. The second-order valence-electron chi connectivity index (χ2n) is 3.34. The molecule has 0 atom stereocenters. The highest BCUT2D eigenvalue weighted by Gasteiger charge is 2.07. The van der Waals surface area contributed by atoms with Crippen molar-refractivity contribution in [2.75, 3.05) is 0 Å². The second kappa shape index (κ2) is 4.66. The highest BCUT2D eigenvalue weighted by Crippen LogP contribution is 2.25. The highest BCUT2D eigenvalue weighted by molar-refractivity contribution is 5.45. The van der Waals surface area contributed by atoms with Crippen LogP contribution in [-0.2, 0) is 12.8 Å². The average Bonchev–Trinajstić information content (AvgIpc) is 2.17. The van der Waals surface area contributed by atoms with Crippen molar-refractivity contribution in [2.45, 2.75) is 19.8 Å². The van der Waals surface area contributed by atoms with E-state index in [2.05, 4.69) is 13.2 Å². The van der Waals surface area contributed by atoms with Gasteiger partial charge in [-0.15, -0.1) is 13.2 Å². The molecule has 0 saturated carbocycles. The minimum atomic E-state index is 0.354. The van der Waals surface area contributed by atoms with Gasteiger partial charge in [0.2, 0.25) is 0 Å². The summed E-state index contributed by atoms with van der Waals surface area (Å²) < 4.78 is 0. The summed E-state index contributed by atoms with van der Waals surface area (Å²) in [5, 5.41) is 9.69. The van der Waals surface area contributed by atoms with Crippen molar-refractivity contribution in [1.29, 1.82) is 0 Å². The van der Waals surface area contributed by atoms with Crippen LogP contribution in [0.4, 0.5) is 0 Å². The smallest absolute Gasteiger partial charge is 0.119 e. The normalized spacial score (nSPS) is 9.79. The lowest BCUT2D eigenvalue weighted by Gasteiger charge is -2.11. The molecular formula is C13H16O. The van der Waals surface area contributed by atoms with Crippen molar-refractivity contribution in [3.63, 3.8) is 0 Å². The molecule has 14 heavy (non-hydrogen) atoms. The third kappa shape index (κ3) is 2.05. The Kier molecular flexibility index (Phi) is 3.52. The van der Waals surface area contributed by atoms with Gasteiger partial charge in [-0.2, -0.15) is 0 Å². The van der Waals surface area contributed by atoms with Gasteiger partial charge in [0, 0.05) is 5.56 Å². The van der Waals surface area contributed by atoms with Crippen LogP contribution in [-0.4, -0.2) is 5.11 Å². The van der Waals surface area contributed by atoms with Crippen LogP contribution in [0.1, 0.15) is 16.7 Å². The Bertz CT molecular complexity index is 315. The molecule has 0 fully saturated rings. The van der Waals surface area contributed by atoms with E-state index < -0.39 is 0 Å². The lowest BCUT2D eigenvalue weighted by atomic mass is 9.96.